The van der Waals surface area contributed by atoms with Crippen molar-refractivity contribution in [1.29, 1.82) is 0 Å². The molecule has 1 unspecified atom stereocenters. The fourth-order valence-corrected chi connectivity index (χ4v) is 1.98. The molecule has 0 bridgehead atoms. The molecule has 0 amide bonds. The van der Waals surface area contributed by atoms with Gasteiger partial charge in [0, 0.05) is 18.3 Å². The first kappa shape index (κ1) is 12.7. The van der Waals surface area contributed by atoms with Crippen molar-refractivity contribution in [3.8, 4) is 0 Å². The number of hydrogen-bond acceptors (Lipinski definition) is 3. The first-order valence-electron chi connectivity index (χ1n) is 5.78. The van der Waals surface area contributed by atoms with Gasteiger partial charge in [0.05, 0.1) is 11.7 Å². The van der Waals surface area contributed by atoms with Crippen LogP contribution in [-0.2, 0) is 0 Å². The van der Waals surface area contributed by atoms with Crippen molar-refractivity contribution in [2.75, 3.05) is 17.7 Å². The van der Waals surface area contributed by atoms with Gasteiger partial charge < -0.3 is 10.6 Å². The Morgan fingerprint density at radius 1 is 1.22 bits per heavy atom. The zero-order valence-corrected chi connectivity index (χ0v) is 11.2. The van der Waals surface area contributed by atoms with Crippen LogP contribution in [0.1, 0.15) is 18.5 Å². The number of nitrogens with two attached hydrogens (primary N) is 1. The van der Waals surface area contributed by atoms with Crippen molar-refractivity contribution in [2.45, 2.75) is 13.0 Å². The van der Waals surface area contributed by atoms with E-state index in [1.807, 2.05) is 43.4 Å². The zero-order valence-electron chi connectivity index (χ0n) is 10.5. The molecule has 0 saturated heterocycles. The van der Waals surface area contributed by atoms with E-state index in [1.54, 1.807) is 6.20 Å². The summed E-state index contributed by atoms with van der Waals surface area (Å²) in [4.78, 5) is 6.37. The molecule has 2 rings (SSSR count). The van der Waals surface area contributed by atoms with Crippen LogP contribution in [0.25, 0.3) is 0 Å². The van der Waals surface area contributed by atoms with Crippen molar-refractivity contribution in [1.82, 2.24) is 4.98 Å². The molecule has 94 valence electrons. The van der Waals surface area contributed by atoms with Crippen LogP contribution in [-0.4, -0.2) is 12.0 Å². The maximum absolute atomic E-state index is 5.94. The molecule has 0 spiro atoms. The molecule has 1 aromatic heterocycles. The van der Waals surface area contributed by atoms with Gasteiger partial charge in [0.2, 0.25) is 0 Å². The van der Waals surface area contributed by atoms with Gasteiger partial charge in [0.25, 0.3) is 0 Å². The van der Waals surface area contributed by atoms with Crippen molar-refractivity contribution in [2.24, 2.45) is 0 Å². The molecular weight excluding hydrogens is 246 g/mol. The number of rotatable bonds is 3. The molecule has 0 radical (unpaired) electrons. The fraction of sp³-hybridized carbons (Fsp3) is 0.214. The maximum Gasteiger partial charge on any atom is 0.151 e. The van der Waals surface area contributed by atoms with Gasteiger partial charge >= 0.3 is 0 Å². The van der Waals surface area contributed by atoms with E-state index in [0.717, 1.165) is 10.8 Å². The summed E-state index contributed by atoms with van der Waals surface area (Å²) >= 11 is 5.89. The highest BCUT2D eigenvalue weighted by Gasteiger charge is 2.15. The van der Waals surface area contributed by atoms with Crippen LogP contribution in [0.15, 0.2) is 42.6 Å². The number of hydrogen-bond donors (Lipinski definition) is 1. The van der Waals surface area contributed by atoms with E-state index in [-0.39, 0.29) is 6.04 Å². The lowest BCUT2D eigenvalue weighted by Crippen LogP contribution is -2.23. The molecule has 0 aliphatic heterocycles. The SMILES string of the molecule is CC(c1ccc(Cl)cc1)N(C)c1ncccc1N. The molecule has 18 heavy (non-hydrogen) atoms. The van der Waals surface area contributed by atoms with Gasteiger partial charge in [-0.3, -0.25) is 0 Å². The smallest absolute Gasteiger partial charge is 0.151 e. The second-order valence-corrected chi connectivity index (χ2v) is 4.69. The van der Waals surface area contributed by atoms with Gasteiger partial charge in [-0.05, 0) is 36.8 Å². The Morgan fingerprint density at radius 2 is 1.89 bits per heavy atom. The molecule has 4 heteroatoms. The van der Waals surface area contributed by atoms with E-state index >= 15 is 0 Å². The average molecular weight is 262 g/mol. The van der Waals surface area contributed by atoms with Crippen LogP contribution < -0.4 is 10.6 Å². The summed E-state index contributed by atoms with van der Waals surface area (Å²) in [6.07, 6.45) is 1.75. The summed E-state index contributed by atoms with van der Waals surface area (Å²) in [5.41, 5.74) is 7.79. The second kappa shape index (κ2) is 5.27. The summed E-state index contributed by atoms with van der Waals surface area (Å²) in [6, 6.07) is 11.7. The third-order valence-corrected chi connectivity index (χ3v) is 3.34. The van der Waals surface area contributed by atoms with E-state index < -0.39 is 0 Å². The molecule has 0 saturated carbocycles. The largest absolute Gasteiger partial charge is 0.396 e. The molecule has 0 aliphatic carbocycles. The maximum atomic E-state index is 5.94. The Balaban J connectivity index is 2.26. The van der Waals surface area contributed by atoms with Crippen LogP contribution in [0, 0.1) is 0 Å². The van der Waals surface area contributed by atoms with Gasteiger partial charge in [-0.2, -0.15) is 0 Å². The van der Waals surface area contributed by atoms with Gasteiger partial charge in [0.15, 0.2) is 5.82 Å². The minimum absolute atomic E-state index is 0.180. The molecule has 1 aromatic carbocycles. The van der Waals surface area contributed by atoms with Gasteiger partial charge in [-0.1, -0.05) is 23.7 Å². The number of pyridine rings is 1. The summed E-state index contributed by atoms with van der Waals surface area (Å²) in [5, 5.41) is 0.742. The molecule has 2 N–H and O–H groups in total. The van der Waals surface area contributed by atoms with E-state index in [1.165, 1.54) is 5.56 Å². The van der Waals surface area contributed by atoms with E-state index in [2.05, 4.69) is 16.8 Å². The normalized spacial score (nSPS) is 12.2. The van der Waals surface area contributed by atoms with Gasteiger partial charge in [0.1, 0.15) is 0 Å². The van der Waals surface area contributed by atoms with Crippen LogP contribution in [0.3, 0.4) is 0 Å². The minimum atomic E-state index is 0.180. The number of nitrogens with zero attached hydrogens (tertiary/aromatic N) is 2. The summed E-state index contributed by atoms with van der Waals surface area (Å²) < 4.78 is 0. The van der Waals surface area contributed by atoms with Crippen molar-refractivity contribution in [3.63, 3.8) is 0 Å². The summed E-state index contributed by atoms with van der Waals surface area (Å²) in [5.74, 6) is 0.792. The predicted octanol–water partition coefficient (Wildman–Crippen LogP) is 3.51. The molecule has 2 aromatic rings. The predicted molar refractivity (Wildman–Crippen MR) is 76.9 cm³/mol. The standard InChI is InChI=1S/C14H16ClN3/c1-10(11-5-7-12(15)8-6-11)18(2)14-13(16)4-3-9-17-14/h3-10H,16H2,1-2H3. The average Bonchev–Trinajstić information content (AvgIpc) is 2.38. The molecule has 1 atom stereocenters. The van der Waals surface area contributed by atoms with Crippen LogP contribution in [0.4, 0.5) is 11.5 Å². The van der Waals surface area contributed by atoms with E-state index in [0.29, 0.717) is 5.69 Å². The van der Waals surface area contributed by atoms with Crippen LogP contribution >= 0.6 is 11.6 Å². The quantitative estimate of drug-likeness (QED) is 0.919. The first-order valence-corrected chi connectivity index (χ1v) is 6.16. The molecule has 1 heterocycles. The topological polar surface area (TPSA) is 42.2 Å². The number of aromatic nitrogens is 1. The van der Waals surface area contributed by atoms with Gasteiger partial charge in [-0.15, -0.1) is 0 Å². The molecule has 0 aliphatic rings. The van der Waals surface area contributed by atoms with E-state index in [4.69, 9.17) is 17.3 Å². The van der Waals surface area contributed by atoms with E-state index in [9.17, 15) is 0 Å². The number of nitrogen functional groups attached to an aromatic ring is 1. The number of benzene rings is 1. The number of anilines is 2. The Kier molecular flexibility index (Phi) is 3.72. The monoisotopic (exact) mass is 261 g/mol. The first-order chi connectivity index (χ1) is 8.59. The summed E-state index contributed by atoms with van der Waals surface area (Å²) in [7, 11) is 1.98. The lowest BCUT2D eigenvalue weighted by molar-refractivity contribution is 0.730. The molecule has 3 nitrogen and oxygen atoms in total. The Hall–Kier alpha value is -1.74. The highest BCUT2D eigenvalue weighted by molar-refractivity contribution is 6.30. The lowest BCUT2D eigenvalue weighted by atomic mass is 10.1. The van der Waals surface area contributed by atoms with Crippen molar-refractivity contribution >= 4 is 23.1 Å². The van der Waals surface area contributed by atoms with Crippen molar-refractivity contribution in [3.05, 3.63) is 53.2 Å². The Bertz CT molecular complexity index is 525. The number of halogens is 1. The van der Waals surface area contributed by atoms with Crippen LogP contribution in [0.2, 0.25) is 5.02 Å². The summed E-state index contributed by atoms with van der Waals surface area (Å²) in [6.45, 7) is 2.11. The molecular formula is C14H16ClN3. The molecule has 0 fully saturated rings. The zero-order chi connectivity index (χ0) is 13.1. The fourth-order valence-electron chi connectivity index (χ4n) is 1.85. The lowest BCUT2D eigenvalue weighted by Gasteiger charge is -2.27. The second-order valence-electron chi connectivity index (χ2n) is 4.25. The minimum Gasteiger partial charge on any atom is -0.396 e. The highest BCUT2D eigenvalue weighted by Crippen LogP contribution is 2.27. The van der Waals surface area contributed by atoms with Gasteiger partial charge in [-0.25, -0.2) is 4.98 Å². The highest BCUT2D eigenvalue weighted by atomic mass is 35.5. The Labute approximate surface area is 112 Å². The Morgan fingerprint density at radius 3 is 2.50 bits per heavy atom. The van der Waals surface area contributed by atoms with Crippen molar-refractivity contribution < 1.29 is 0 Å². The third-order valence-electron chi connectivity index (χ3n) is 3.08. The van der Waals surface area contributed by atoms with Crippen LogP contribution in [0.5, 0.6) is 0 Å². The third kappa shape index (κ3) is 2.57.